The summed E-state index contributed by atoms with van der Waals surface area (Å²) in [7, 11) is -3.45. The molecule has 1 aromatic heterocycles. The summed E-state index contributed by atoms with van der Waals surface area (Å²) in [5.41, 5.74) is 0.990. The van der Waals surface area contributed by atoms with Crippen LogP contribution in [0.1, 0.15) is 29.6 Å². The number of rotatable bonds is 4. The lowest BCUT2D eigenvalue weighted by molar-refractivity contribution is 0.102. The lowest BCUT2D eigenvalue weighted by Gasteiger charge is -2.25. The van der Waals surface area contributed by atoms with Gasteiger partial charge >= 0.3 is 0 Å². The number of nitrogens with one attached hydrogen (secondary N) is 1. The lowest BCUT2D eigenvalue weighted by Crippen LogP contribution is -2.35. The molecule has 0 saturated carbocycles. The molecule has 3 rings (SSSR count). The molecule has 7 heteroatoms. The first-order valence-electron chi connectivity index (χ1n) is 7.89. The fraction of sp³-hybridized carbons (Fsp3) is 0.294. The van der Waals surface area contributed by atoms with E-state index >= 15 is 0 Å². The zero-order valence-corrected chi connectivity index (χ0v) is 14.0. The summed E-state index contributed by atoms with van der Waals surface area (Å²) in [4.78, 5) is 16.2. The van der Waals surface area contributed by atoms with E-state index in [0.29, 0.717) is 24.3 Å². The van der Waals surface area contributed by atoms with Crippen molar-refractivity contribution in [1.29, 1.82) is 0 Å². The molecule has 1 amide bonds. The molecule has 24 heavy (non-hydrogen) atoms. The number of hydrogen-bond acceptors (Lipinski definition) is 4. The van der Waals surface area contributed by atoms with Crippen molar-refractivity contribution in [3.8, 4) is 0 Å². The maximum absolute atomic E-state index is 12.6. The van der Waals surface area contributed by atoms with Crippen molar-refractivity contribution < 1.29 is 13.2 Å². The first-order chi connectivity index (χ1) is 11.6. The van der Waals surface area contributed by atoms with Crippen LogP contribution in [-0.2, 0) is 10.0 Å². The van der Waals surface area contributed by atoms with E-state index in [0.717, 1.165) is 19.3 Å². The third-order valence-corrected chi connectivity index (χ3v) is 5.90. The van der Waals surface area contributed by atoms with E-state index in [2.05, 4.69) is 10.3 Å². The maximum atomic E-state index is 12.6. The number of amides is 1. The Balaban J connectivity index is 1.72. The third-order valence-electron chi connectivity index (χ3n) is 3.99. The number of sulfonamides is 1. The van der Waals surface area contributed by atoms with Crippen LogP contribution >= 0.6 is 0 Å². The molecule has 1 aliphatic rings. The minimum absolute atomic E-state index is 0.253. The molecule has 1 N–H and O–H groups in total. The van der Waals surface area contributed by atoms with Gasteiger partial charge in [0.2, 0.25) is 10.0 Å². The van der Waals surface area contributed by atoms with Crippen molar-refractivity contribution in [1.82, 2.24) is 9.29 Å². The maximum Gasteiger partial charge on any atom is 0.257 e. The Bertz CT molecular complexity index is 799. The molecule has 0 spiro atoms. The highest BCUT2D eigenvalue weighted by Gasteiger charge is 2.25. The Morgan fingerprint density at radius 2 is 1.75 bits per heavy atom. The Labute approximate surface area is 141 Å². The van der Waals surface area contributed by atoms with Crippen LogP contribution in [0.5, 0.6) is 0 Å². The third kappa shape index (κ3) is 3.63. The van der Waals surface area contributed by atoms with E-state index in [4.69, 9.17) is 0 Å². The summed E-state index contributed by atoms with van der Waals surface area (Å²) in [6.45, 7) is 1.14. The zero-order chi connectivity index (χ0) is 17.0. The second-order valence-corrected chi connectivity index (χ2v) is 7.62. The minimum atomic E-state index is -3.45. The fourth-order valence-electron chi connectivity index (χ4n) is 2.66. The summed E-state index contributed by atoms with van der Waals surface area (Å²) in [5.74, 6) is -0.283. The van der Waals surface area contributed by atoms with Gasteiger partial charge in [-0.1, -0.05) is 6.42 Å². The average Bonchev–Trinajstić information content (AvgIpc) is 2.63. The van der Waals surface area contributed by atoms with E-state index in [1.54, 1.807) is 30.5 Å². The number of aromatic nitrogens is 1. The zero-order valence-electron chi connectivity index (χ0n) is 13.2. The van der Waals surface area contributed by atoms with Crippen LogP contribution in [0.2, 0.25) is 0 Å². The summed E-state index contributed by atoms with van der Waals surface area (Å²) in [5, 5.41) is 2.73. The number of piperidine rings is 1. The highest BCUT2D eigenvalue weighted by molar-refractivity contribution is 7.89. The fourth-order valence-corrected chi connectivity index (χ4v) is 4.18. The molecule has 1 saturated heterocycles. The Morgan fingerprint density at radius 3 is 2.38 bits per heavy atom. The van der Waals surface area contributed by atoms with Gasteiger partial charge in [0.15, 0.2) is 0 Å². The van der Waals surface area contributed by atoms with Crippen LogP contribution in [0.25, 0.3) is 0 Å². The van der Waals surface area contributed by atoms with E-state index in [9.17, 15) is 13.2 Å². The molecular weight excluding hydrogens is 326 g/mol. The highest BCUT2D eigenvalue weighted by Crippen LogP contribution is 2.22. The molecule has 1 fully saturated rings. The van der Waals surface area contributed by atoms with Gasteiger partial charge in [0, 0.05) is 31.2 Å². The number of carbonyl (C=O) groups is 1. The number of benzene rings is 1. The van der Waals surface area contributed by atoms with Gasteiger partial charge in [-0.3, -0.25) is 9.78 Å². The van der Waals surface area contributed by atoms with Gasteiger partial charge in [0.05, 0.1) is 10.5 Å². The van der Waals surface area contributed by atoms with Crippen molar-refractivity contribution in [3.05, 3.63) is 54.4 Å². The predicted octanol–water partition coefficient (Wildman–Crippen LogP) is 2.51. The Morgan fingerprint density at radius 1 is 1.04 bits per heavy atom. The predicted molar refractivity (Wildman–Crippen MR) is 91.2 cm³/mol. The molecule has 6 nitrogen and oxygen atoms in total. The normalized spacial score (nSPS) is 15.8. The summed E-state index contributed by atoms with van der Waals surface area (Å²) < 4.78 is 26.7. The monoisotopic (exact) mass is 345 g/mol. The minimum Gasteiger partial charge on any atom is -0.322 e. The molecule has 0 aliphatic carbocycles. The van der Waals surface area contributed by atoms with Crippen molar-refractivity contribution in [2.24, 2.45) is 0 Å². The van der Waals surface area contributed by atoms with Crippen LogP contribution in [0.15, 0.2) is 53.7 Å². The molecule has 1 aromatic carbocycles. The van der Waals surface area contributed by atoms with Gasteiger partial charge in [-0.15, -0.1) is 0 Å². The summed E-state index contributed by atoms with van der Waals surface area (Å²) in [6, 6.07) is 9.61. The number of nitrogens with zero attached hydrogens (tertiary/aromatic N) is 2. The number of pyridine rings is 1. The standard InChI is InChI=1S/C17H19N3O3S/c21-17(14-5-4-10-18-13-14)19-15-6-8-16(9-7-15)24(22,23)20-11-2-1-3-12-20/h4-10,13H,1-3,11-12H2,(H,19,21). The number of carbonyl (C=O) groups excluding carboxylic acids is 1. The topological polar surface area (TPSA) is 79.4 Å². The van der Waals surface area contributed by atoms with Crippen LogP contribution in [0.4, 0.5) is 5.69 Å². The molecule has 2 heterocycles. The summed E-state index contributed by atoms with van der Waals surface area (Å²) >= 11 is 0. The van der Waals surface area contributed by atoms with Gasteiger partial charge in [-0.25, -0.2) is 8.42 Å². The first kappa shape index (κ1) is 16.6. The quantitative estimate of drug-likeness (QED) is 0.923. The molecule has 0 bridgehead atoms. The van der Waals surface area contributed by atoms with Gasteiger partial charge in [-0.05, 0) is 49.2 Å². The molecule has 2 aromatic rings. The average molecular weight is 345 g/mol. The second-order valence-electron chi connectivity index (χ2n) is 5.68. The molecular formula is C17H19N3O3S. The van der Waals surface area contributed by atoms with Gasteiger partial charge < -0.3 is 5.32 Å². The Hall–Kier alpha value is -2.25. The van der Waals surface area contributed by atoms with E-state index in [-0.39, 0.29) is 10.8 Å². The van der Waals surface area contributed by atoms with Crippen LogP contribution in [0.3, 0.4) is 0 Å². The molecule has 1 aliphatic heterocycles. The van der Waals surface area contributed by atoms with Gasteiger partial charge in [-0.2, -0.15) is 4.31 Å². The van der Waals surface area contributed by atoms with Crippen molar-refractivity contribution in [3.63, 3.8) is 0 Å². The number of anilines is 1. The van der Waals surface area contributed by atoms with Crippen LogP contribution in [0, 0.1) is 0 Å². The second kappa shape index (κ2) is 7.11. The van der Waals surface area contributed by atoms with Crippen molar-refractivity contribution in [2.45, 2.75) is 24.2 Å². The smallest absolute Gasteiger partial charge is 0.257 e. The SMILES string of the molecule is O=C(Nc1ccc(S(=O)(=O)N2CCCCC2)cc1)c1cccnc1. The molecule has 0 radical (unpaired) electrons. The van der Waals surface area contributed by atoms with Crippen molar-refractivity contribution >= 4 is 21.6 Å². The van der Waals surface area contributed by atoms with Gasteiger partial charge in [0.1, 0.15) is 0 Å². The Kier molecular flexibility index (Phi) is 4.92. The highest BCUT2D eigenvalue weighted by atomic mass is 32.2. The first-order valence-corrected chi connectivity index (χ1v) is 9.33. The van der Waals surface area contributed by atoms with Crippen LogP contribution in [-0.4, -0.2) is 36.7 Å². The lowest BCUT2D eigenvalue weighted by atomic mass is 10.2. The van der Waals surface area contributed by atoms with E-state index < -0.39 is 10.0 Å². The molecule has 0 atom stereocenters. The van der Waals surface area contributed by atoms with Crippen LogP contribution < -0.4 is 5.32 Å². The number of hydrogen-bond donors (Lipinski definition) is 1. The largest absolute Gasteiger partial charge is 0.322 e. The molecule has 0 unspecified atom stereocenters. The van der Waals surface area contributed by atoms with E-state index in [1.165, 1.54) is 22.6 Å². The summed E-state index contributed by atoms with van der Waals surface area (Å²) in [6.07, 6.45) is 5.95. The van der Waals surface area contributed by atoms with E-state index in [1.807, 2.05) is 0 Å². The van der Waals surface area contributed by atoms with Gasteiger partial charge in [0.25, 0.3) is 5.91 Å². The molecule has 126 valence electrons. The van der Waals surface area contributed by atoms with Crippen molar-refractivity contribution in [2.75, 3.05) is 18.4 Å².